The zero-order valence-electron chi connectivity index (χ0n) is 7.12. The molecule has 0 atom stereocenters. The smallest absolute Gasteiger partial charge is 0.433 e. The van der Waals surface area contributed by atoms with Crippen LogP contribution < -0.4 is 0 Å². The van der Waals surface area contributed by atoms with Crippen molar-refractivity contribution in [3.8, 4) is 0 Å². The van der Waals surface area contributed by atoms with Crippen LogP contribution in [0.1, 0.15) is 5.76 Å². The third kappa shape index (κ3) is 2.56. The highest BCUT2D eigenvalue weighted by Crippen LogP contribution is 2.13. The first-order valence-electron chi connectivity index (χ1n) is 3.77. The Kier molecular flexibility index (Phi) is 3.19. The Labute approximate surface area is 78.6 Å². The molecule has 7 heteroatoms. The lowest BCUT2D eigenvalue weighted by Crippen LogP contribution is -2.10. The molecule has 0 saturated carbocycles. The van der Waals surface area contributed by atoms with Crippen LogP contribution in [0.15, 0.2) is 16.5 Å². The Morgan fingerprint density at radius 1 is 1.50 bits per heavy atom. The van der Waals surface area contributed by atoms with Crippen molar-refractivity contribution in [2.75, 3.05) is 13.2 Å². The Morgan fingerprint density at radius 2 is 2.21 bits per heavy atom. The number of rotatable bonds is 4. The van der Waals surface area contributed by atoms with Gasteiger partial charge in [-0.25, -0.2) is 4.74 Å². The molecule has 0 bridgehead atoms. The van der Waals surface area contributed by atoms with E-state index < -0.39 is 10.8 Å². The highest BCUT2D eigenvalue weighted by molar-refractivity contribution is 5.71. The van der Waals surface area contributed by atoms with Crippen LogP contribution in [-0.2, 0) is 0 Å². The van der Waals surface area contributed by atoms with E-state index in [1.54, 1.807) is 0 Å². The lowest BCUT2D eigenvalue weighted by atomic mass is 10.5. The monoisotopic (exact) mass is 200 g/mol. The molecule has 0 unspecified atom stereocenters. The number of hydrogen-bond donors (Lipinski definition) is 1. The molecule has 1 aromatic heterocycles. The lowest BCUT2D eigenvalue weighted by molar-refractivity contribution is -0.455. The molecule has 1 heterocycles. The topological polar surface area (TPSA) is 103 Å². The quantitative estimate of drug-likeness (QED) is 0.244. The van der Waals surface area contributed by atoms with Gasteiger partial charge in [0.05, 0.1) is 6.07 Å². The number of nitro groups is 1. The summed E-state index contributed by atoms with van der Waals surface area (Å²) in [5.74, 6) is -0.339. The fraction of sp³-hybridized carbons (Fsp3) is 0.286. The van der Waals surface area contributed by atoms with Gasteiger partial charge in [-0.1, -0.05) is 0 Å². The summed E-state index contributed by atoms with van der Waals surface area (Å²) in [5, 5.41) is 29.5. The predicted molar refractivity (Wildman–Crippen MR) is 46.1 cm³/mol. The van der Waals surface area contributed by atoms with E-state index in [-0.39, 0.29) is 18.9 Å². The Hall–Kier alpha value is -1.89. The van der Waals surface area contributed by atoms with Crippen molar-refractivity contribution in [2.24, 2.45) is 0 Å². The van der Waals surface area contributed by atoms with Gasteiger partial charge in [0.25, 0.3) is 0 Å². The van der Waals surface area contributed by atoms with E-state index in [0.29, 0.717) is 4.74 Å². The fourth-order valence-electron chi connectivity index (χ4n) is 0.815. The van der Waals surface area contributed by atoms with Gasteiger partial charge in [0.15, 0.2) is 12.3 Å². The zero-order chi connectivity index (χ0) is 10.6. The maximum absolute atomic E-state index is 10.9. The second-order valence-corrected chi connectivity index (χ2v) is 2.43. The minimum Gasteiger partial charge on any atom is -0.624 e. The number of furan rings is 1. The van der Waals surface area contributed by atoms with Gasteiger partial charge in [-0.05, 0) is 6.07 Å². The van der Waals surface area contributed by atoms with Crippen LogP contribution in [0.25, 0.3) is 0 Å². The minimum absolute atomic E-state index is 0.0835. The first kappa shape index (κ1) is 10.2. The molecule has 0 aliphatic carbocycles. The van der Waals surface area contributed by atoms with Gasteiger partial charge in [-0.15, -0.1) is 0 Å². The maximum atomic E-state index is 10.9. The first-order chi connectivity index (χ1) is 6.63. The van der Waals surface area contributed by atoms with E-state index >= 15 is 0 Å². The zero-order valence-corrected chi connectivity index (χ0v) is 7.12. The van der Waals surface area contributed by atoms with E-state index in [4.69, 9.17) is 5.11 Å². The van der Waals surface area contributed by atoms with Crippen LogP contribution in [0.4, 0.5) is 5.88 Å². The molecule has 14 heavy (non-hydrogen) atoms. The van der Waals surface area contributed by atoms with Crippen molar-refractivity contribution in [3.05, 3.63) is 33.2 Å². The van der Waals surface area contributed by atoms with Gasteiger partial charge in [0, 0.05) is 0 Å². The molecule has 7 nitrogen and oxygen atoms in total. The largest absolute Gasteiger partial charge is 0.624 e. The standard InChI is InChI=1S/C7H8N2O5/c10-4-3-8(11)5-6-1-2-7(14-6)9(12)13/h1-2,5,10H,3-4H2. The molecule has 76 valence electrons. The van der Waals surface area contributed by atoms with Gasteiger partial charge in [0.2, 0.25) is 6.21 Å². The maximum Gasteiger partial charge on any atom is 0.433 e. The SMILES string of the molecule is O=[N+]([O-])c1ccc(C=[N+]([O-])CCO)o1. The molecule has 0 fully saturated rings. The summed E-state index contributed by atoms with van der Waals surface area (Å²) in [6.45, 7) is -0.392. The Morgan fingerprint density at radius 3 is 2.71 bits per heavy atom. The van der Waals surface area contributed by atoms with Crippen molar-refractivity contribution in [1.29, 1.82) is 0 Å². The number of hydroxylamine groups is 1. The van der Waals surface area contributed by atoms with E-state index in [2.05, 4.69) is 4.42 Å². The highest BCUT2D eigenvalue weighted by Gasteiger charge is 2.11. The van der Waals surface area contributed by atoms with Crippen LogP contribution in [0.5, 0.6) is 0 Å². The van der Waals surface area contributed by atoms with Crippen LogP contribution in [0, 0.1) is 15.3 Å². The number of hydrogen-bond acceptors (Lipinski definition) is 5. The molecule has 0 saturated heterocycles. The first-order valence-corrected chi connectivity index (χ1v) is 3.77. The van der Waals surface area contributed by atoms with Crippen LogP contribution in [-0.4, -0.2) is 34.1 Å². The van der Waals surface area contributed by atoms with Gasteiger partial charge in [-0.2, -0.15) is 0 Å². The summed E-state index contributed by atoms with van der Waals surface area (Å²) >= 11 is 0. The summed E-state index contributed by atoms with van der Waals surface area (Å²) in [7, 11) is 0. The molecular formula is C7H8N2O5. The van der Waals surface area contributed by atoms with E-state index in [1.165, 1.54) is 6.07 Å². The molecule has 0 aliphatic heterocycles. The van der Waals surface area contributed by atoms with Crippen LogP contribution >= 0.6 is 0 Å². The van der Waals surface area contributed by atoms with Crippen molar-refractivity contribution in [1.82, 2.24) is 0 Å². The summed E-state index contributed by atoms with van der Waals surface area (Å²) < 4.78 is 5.12. The molecule has 0 spiro atoms. The summed E-state index contributed by atoms with van der Waals surface area (Å²) in [6, 6.07) is 2.46. The summed E-state index contributed by atoms with van der Waals surface area (Å²) in [6.07, 6.45) is 1.03. The van der Waals surface area contributed by atoms with Gasteiger partial charge >= 0.3 is 5.88 Å². The normalized spacial score (nSPS) is 11.6. The van der Waals surface area contributed by atoms with Gasteiger partial charge in [-0.3, -0.25) is 10.1 Å². The second kappa shape index (κ2) is 4.38. The number of aliphatic hydroxyl groups excluding tert-OH is 1. The number of nitrogens with zero attached hydrogens (tertiary/aromatic N) is 2. The molecule has 1 N–H and O–H groups in total. The molecule has 1 rings (SSSR count). The van der Waals surface area contributed by atoms with Gasteiger partial charge < -0.3 is 14.7 Å². The van der Waals surface area contributed by atoms with Crippen molar-refractivity contribution >= 4 is 12.1 Å². The third-order valence-corrected chi connectivity index (χ3v) is 1.38. The molecule has 0 aromatic carbocycles. The van der Waals surface area contributed by atoms with Crippen LogP contribution in [0.3, 0.4) is 0 Å². The van der Waals surface area contributed by atoms with Crippen molar-refractivity contribution in [2.45, 2.75) is 0 Å². The average molecular weight is 200 g/mol. The average Bonchev–Trinajstić information content (AvgIpc) is 2.53. The van der Waals surface area contributed by atoms with E-state index in [1.807, 2.05) is 0 Å². The van der Waals surface area contributed by atoms with Crippen LogP contribution in [0.2, 0.25) is 0 Å². The minimum atomic E-state index is -0.696. The van der Waals surface area contributed by atoms with Crippen molar-refractivity contribution in [3.63, 3.8) is 0 Å². The summed E-state index contributed by atoms with van der Waals surface area (Å²) in [4.78, 5) is 9.50. The lowest BCUT2D eigenvalue weighted by Gasteiger charge is -1.98. The summed E-state index contributed by atoms with van der Waals surface area (Å²) in [5.41, 5.74) is 0. The van der Waals surface area contributed by atoms with Gasteiger partial charge in [0.1, 0.15) is 11.5 Å². The molecule has 1 aromatic rings. The van der Waals surface area contributed by atoms with Crippen molar-refractivity contribution < 1.29 is 19.2 Å². The fourth-order valence-corrected chi connectivity index (χ4v) is 0.815. The third-order valence-electron chi connectivity index (χ3n) is 1.38. The molecule has 0 aliphatic rings. The van der Waals surface area contributed by atoms with E-state index in [9.17, 15) is 15.3 Å². The van der Waals surface area contributed by atoms with E-state index in [0.717, 1.165) is 12.3 Å². The molecular weight excluding hydrogens is 192 g/mol. The second-order valence-electron chi connectivity index (χ2n) is 2.43. The number of aliphatic hydroxyl groups is 1. The Balaban J connectivity index is 2.77. The Bertz CT molecular complexity index is 357. The molecule has 0 radical (unpaired) electrons. The predicted octanol–water partition coefficient (Wildman–Crippen LogP) is 0.109. The highest BCUT2D eigenvalue weighted by atomic mass is 16.6. The molecule has 0 amide bonds.